The summed E-state index contributed by atoms with van der Waals surface area (Å²) in [7, 11) is -7.85. The minimum Gasteiger partial charge on any atom is -0.414 e. The molecule has 2 heterocycles. The quantitative estimate of drug-likeness (QED) is 0.0292. The number of sulfonamides is 2. The summed E-state index contributed by atoms with van der Waals surface area (Å²) >= 11 is 7.53. The number of aromatic nitrogens is 2. The number of thiazole rings is 2. The number of anilines is 3. The van der Waals surface area contributed by atoms with E-state index in [4.69, 9.17) is 27.8 Å². The molecule has 81 heavy (non-hydrogen) atoms. The van der Waals surface area contributed by atoms with Crippen LogP contribution >= 0.6 is 34.3 Å². The Morgan fingerprint density at radius 1 is 0.543 bits per heavy atom. The minimum atomic E-state index is -4.10. The zero-order valence-electron chi connectivity index (χ0n) is 43.5. The van der Waals surface area contributed by atoms with Gasteiger partial charge in [0.1, 0.15) is 21.5 Å². The Morgan fingerprint density at radius 2 is 0.914 bits per heavy atom. The molecule has 0 fully saturated rings. The number of benzene rings is 6. The average molecular weight is 1200 g/mol. The van der Waals surface area contributed by atoms with E-state index in [2.05, 4.69) is 29.5 Å². The van der Waals surface area contributed by atoms with Crippen LogP contribution in [-0.4, -0.2) is 64.2 Å². The number of non-ortho nitro benzene ring substituents is 3. The van der Waals surface area contributed by atoms with E-state index in [1.807, 2.05) is 24.3 Å². The monoisotopic (exact) mass is 1200 g/mol. The Hall–Kier alpha value is -8.77. The minimum absolute atomic E-state index is 0.0513. The number of nitro benzene ring substituents is 3. The number of hydrogen-bond donors (Lipinski definition) is 5. The van der Waals surface area contributed by atoms with Gasteiger partial charge < -0.3 is 20.9 Å². The van der Waals surface area contributed by atoms with Gasteiger partial charge in [0.2, 0.25) is 20.0 Å². The standard InChI is InChI=1S/C26H23N5O8S2.C19H22N4O2S2.C7H4ClNO4/c1-26(2,3)29-41(37,38)23-14-17(28-25(32)39-20-11-9-19(10-12-20)31(35)36)6-13-21(23)22-15-27-24(40-22)16-4-7-18(8-5-16)30(33)34;1-19(2,3)23-27(24,25)17-10-14(21)8-9-15(17)16-11-22-18(26-16)12-4-6-13(20)7-5-12;8-7(10)13-6-3-1-5(2-4-6)9(11)12/h4-15,29H,1-3H3,(H,28,32);4-11,23H,20-21H2,1-3H3;1-4H. The number of nitrogens with two attached hydrogens (primary N) is 2. The van der Waals surface area contributed by atoms with E-state index in [-0.39, 0.29) is 44.0 Å². The van der Waals surface area contributed by atoms with Crippen molar-refractivity contribution in [3.8, 4) is 53.5 Å². The lowest BCUT2D eigenvalue weighted by Crippen LogP contribution is -2.40. The van der Waals surface area contributed by atoms with Crippen molar-refractivity contribution in [3.63, 3.8) is 0 Å². The number of nitrogens with one attached hydrogen (secondary N) is 3. The molecule has 0 aliphatic heterocycles. The van der Waals surface area contributed by atoms with Crippen LogP contribution in [0.2, 0.25) is 0 Å². The largest absolute Gasteiger partial charge is 0.417 e. The molecule has 0 atom stereocenters. The van der Waals surface area contributed by atoms with Crippen LogP contribution in [-0.2, 0) is 20.0 Å². The highest BCUT2D eigenvalue weighted by Gasteiger charge is 2.28. The van der Waals surface area contributed by atoms with E-state index in [1.54, 1.807) is 72.0 Å². The second-order valence-corrected chi connectivity index (χ2v) is 24.7. The van der Waals surface area contributed by atoms with Gasteiger partial charge in [0.05, 0.1) is 34.3 Å². The van der Waals surface area contributed by atoms with E-state index >= 15 is 0 Å². The number of rotatable bonds is 14. The second kappa shape index (κ2) is 25.6. The molecule has 0 saturated heterocycles. The van der Waals surface area contributed by atoms with Crippen molar-refractivity contribution in [2.75, 3.05) is 16.8 Å². The zero-order valence-corrected chi connectivity index (χ0v) is 47.5. The fraction of sp³-hybridized carbons (Fsp3) is 0.154. The second-order valence-electron chi connectivity index (χ2n) is 19.0. The van der Waals surface area contributed by atoms with Crippen LogP contribution in [0, 0.1) is 30.3 Å². The summed E-state index contributed by atoms with van der Waals surface area (Å²) in [4.78, 5) is 63.2. The predicted molar refractivity (Wildman–Crippen MR) is 309 cm³/mol. The maximum Gasteiger partial charge on any atom is 0.417 e. The third-order valence-electron chi connectivity index (χ3n) is 10.2. The fourth-order valence-electron chi connectivity index (χ4n) is 6.94. The van der Waals surface area contributed by atoms with Crippen molar-refractivity contribution in [1.29, 1.82) is 0 Å². The number of hydrogen-bond acceptors (Lipinski definition) is 20. The molecular weight excluding hydrogens is 1150 g/mol. The van der Waals surface area contributed by atoms with Crippen molar-refractivity contribution in [2.45, 2.75) is 62.4 Å². The summed E-state index contributed by atoms with van der Waals surface area (Å²) in [6.07, 6.45) is 2.25. The summed E-state index contributed by atoms with van der Waals surface area (Å²) in [6.45, 7) is 10.4. The molecule has 8 aromatic rings. The van der Waals surface area contributed by atoms with Gasteiger partial charge in [-0.15, -0.1) is 22.7 Å². The number of carbonyl (C=O) groups excluding carboxylic acids is 2. The molecular formula is C52H49ClN10O14S4. The summed E-state index contributed by atoms with van der Waals surface area (Å²) in [6, 6.07) is 32.3. The molecule has 1 amide bonds. The molecule has 0 aliphatic rings. The average Bonchev–Trinajstić information content (AvgIpc) is 4.15. The van der Waals surface area contributed by atoms with E-state index in [0.29, 0.717) is 37.9 Å². The van der Waals surface area contributed by atoms with Gasteiger partial charge in [0.25, 0.3) is 17.1 Å². The maximum absolute atomic E-state index is 13.4. The molecule has 0 unspecified atom stereocenters. The number of carbonyl (C=O) groups is 2. The Kier molecular flexibility index (Phi) is 19.4. The van der Waals surface area contributed by atoms with Gasteiger partial charge in [-0.2, -0.15) is 0 Å². The van der Waals surface area contributed by atoms with E-state index in [0.717, 1.165) is 15.4 Å². The molecule has 0 spiro atoms. The van der Waals surface area contributed by atoms with Gasteiger partial charge in [-0.3, -0.25) is 35.7 Å². The van der Waals surface area contributed by atoms with Gasteiger partial charge in [-0.25, -0.2) is 45.8 Å². The summed E-state index contributed by atoms with van der Waals surface area (Å²) < 4.78 is 67.6. The number of nitrogen functional groups attached to an aromatic ring is 2. The highest BCUT2D eigenvalue weighted by Crippen LogP contribution is 2.39. The molecule has 0 saturated carbocycles. The van der Waals surface area contributed by atoms with Crippen LogP contribution in [0.1, 0.15) is 41.5 Å². The molecule has 2 aromatic heterocycles. The lowest BCUT2D eigenvalue weighted by Gasteiger charge is -2.22. The first-order chi connectivity index (χ1) is 37.9. The number of amides is 1. The molecule has 6 aromatic carbocycles. The van der Waals surface area contributed by atoms with E-state index in [9.17, 15) is 56.8 Å². The third kappa shape index (κ3) is 17.6. The third-order valence-corrected chi connectivity index (χ3v) is 16.1. The Bertz CT molecular complexity index is 3850. The Labute approximate surface area is 476 Å². The maximum atomic E-state index is 13.4. The molecule has 8 rings (SSSR count). The van der Waals surface area contributed by atoms with E-state index < -0.39 is 57.4 Å². The van der Waals surface area contributed by atoms with Gasteiger partial charge >= 0.3 is 11.5 Å². The molecule has 29 heteroatoms. The first-order valence-electron chi connectivity index (χ1n) is 23.4. The van der Waals surface area contributed by atoms with Crippen LogP contribution in [0.3, 0.4) is 0 Å². The first kappa shape index (κ1) is 61.4. The van der Waals surface area contributed by atoms with Crippen molar-refractivity contribution >= 4 is 100.0 Å². The first-order valence-corrected chi connectivity index (χ1v) is 28.3. The van der Waals surface area contributed by atoms with Gasteiger partial charge in [-0.05, 0) is 126 Å². The molecule has 422 valence electrons. The molecule has 0 bridgehead atoms. The predicted octanol–water partition coefficient (Wildman–Crippen LogP) is 12.0. The highest BCUT2D eigenvalue weighted by atomic mass is 35.5. The van der Waals surface area contributed by atoms with Crippen molar-refractivity contribution in [3.05, 3.63) is 176 Å². The molecule has 7 N–H and O–H groups in total. The van der Waals surface area contributed by atoms with Crippen LogP contribution in [0.25, 0.3) is 42.0 Å². The molecule has 0 radical (unpaired) electrons. The lowest BCUT2D eigenvalue weighted by molar-refractivity contribution is -0.385. The van der Waals surface area contributed by atoms with Crippen molar-refractivity contribution in [1.82, 2.24) is 19.4 Å². The number of halogens is 1. The smallest absolute Gasteiger partial charge is 0.414 e. The van der Waals surface area contributed by atoms with Gasteiger partial charge in [-0.1, -0.05) is 12.1 Å². The normalized spacial score (nSPS) is 11.4. The topological polar surface area (TPSA) is 364 Å². The Balaban J connectivity index is 0.000000225. The molecule has 24 nitrogen and oxygen atoms in total. The highest BCUT2D eigenvalue weighted by molar-refractivity contribution is 7.90. The summed E-state index contributed by atoms with van der Waals surface area (Å²) in [5, 5.41) is 35.8. The SMILES string of the molecule is CC(C)(C)NS(=O)(=O)c1cc(N)ccc1-c1cnc(-c2ccc(N)cc2)s1.CC(C)(C)NS(=O)(=O)c1cc(NC(=O)Oc2ccc([N+](=O)[O-])cc2)ccc1-c1cnc(-c2ccc([N+](=O)[O-])cc2)s1.O=C(Cl)Oc1ccc([N+](=O)[O-])cc1. The van der Waals surface area contributed by atoms with Crippen molar-refractivity contribution in [2.24, 2.45) is 0 Å². The lowest BCUT2D eigenvalue weighted by atomic mass is 10.1. The van der Waals surface area contributed by atoms with E-state index in [1.165, 1.54) is 114 Å². The summed E-state index contributed by atoms with van der Waals surface area (Å²) in [5.41, 5.74) is 12.5. The summed E-state index contributed by atoms with van der Waals surface area (Å²) in [5.74, 6) is 0.223. The van der Waals surface area contributed by atoms with Gasteiger partial charge in [0.15, 0.2) is 0 Å². The fourth-order valence-corrected chi connectivity index (χ4v) is 12.4. The number of ether oxygens (including phenoxy) is 2. The Morgan fingerprint density at radius 3 is 1.32 bits per heavy atom. The van der Waals surface area contributed by atoms with Crippen LogP contribution in [0.4, 0.5) is 43.7 Å². The van der Waals surface area contributed by atoms with Crippen molar-refractivity contribution < 1.29 is 50.7 Å². The van der Waals surface area contributed by atoms with Crippen LogP contribution in [0.15, 0.2) is 156 Å². The van der Waals surface area contributed by atoms with Crippen LogP contribution < -0.4 is 35.7 Å². The van der Waals surface area contributed by atoms with Gasteiger partial charge in [0, 0.05) is 111 Å². The zero-order chi connectivity index (χ0) is 59.6. The van der Waals surface area contributed by atoms with Crippen LogP contribution in [0.5, 0.6) is 11.5 Å². The number of nitro groups is 3. The number of nitrogens with zero attached hydrogens (tertiary/aromatic N) is 5. The molecule has 0 aliphatic carbocycles.